The minimum atomic E-state index is -4.28. The minimum Gasteiger partial charge on any atom is -0.378 e. The molecule has 1 aliphatic heterocycles. The van der Waals surface area contributed by atoms with E-state index in [1.165, 1.54) is 0 Å². The third kappa shape index (κ3) is 5.34. The van der Waals surface area contributed by atoms with Crippen LogP contribution in [0, 0.1) is 0 Å². The molecule has 0 aromatic heterocycles. The zero-order valence-electron chi connectivity index (χ0n) is 8.64. The zero-order chi connectivity index (χ0) is 11.3. The van der Waals surface area contributed by atoms with Crippen LogP contribution < -0.4 is 5.48 Å². The molecule has 2 unspecified atom stereocenters. The molecule has 0 aromatic carbocycles. The van der Waals surface area contributed by atoms with Gasteiger partial charge in [0.05, 0.1) is 6.10 Å². The molecule has 0 bridgehead atoms. The van der Waals surface area contributed by atoms with Crippen molar-refractivity contribution < 1.29 is 22.7 Å². The summed E-state index contributed by atoms with van der Waals surface area (Å²) in [5.74, 6) is 0. The Balaban J connectivity index is 2.15. The second-order valence-electron chi connectivity index (χ2n) is 3.64. The molecule has 15 heavy (non-hydrogen) atoms. The van der Waals surface area contributed by atoms with Gasteiger partial charge in [-0.15, -0.1) is 0 Å². The van der Waals surface area contributed by atoms with Gasteiger partial charge in [-0.25, -0.2) is 0 Å². The van der Waals surface area contributed by atoms with Gasteiger partial charge in [0, 0.05) is 12.6 Å². The topological polar surface area (TPSA) is 30.5 Å². The van der Waals surface area contributed by atoms with Crippen molar-refractivity contribution in [1.29, 1.82) is 0 Å². The molecule has 0 amide bonds. The fraction of sp³-hybridized carbons (Fsp3) is 1.00. The van der Waals surface area contributed by atoms with E-state index in [1.807, 2.05) is 6.92 Å². The van der Waals surface area contributed by atoms with E-state index < -0.39 is 12.8 Å². The van der Waals surface area contributed by atoms with Crippen LogP contribution in [-0.4, -0.2) is 31.5 Å². The second kappa shape index (κ2) is 5.67. The number of ether oxygens (including phenoxy) is 1. The summed E-state index contributed by atoms with van der Waals surface area (Å²) in [6, 6.07) is -0.0361. The van der Waals surface area contributed by atoms with Gasteiger partial charge in [-0.1, -0.05) is 6.92 Å². The molecule has 1 N–H and O–H groups in total. The number of alkyl halides is 3. The standard InChI is InChI=1S/C9H16F3NO2/c1-2-8-5-7(3-4-14-8)13-15-6-9(10,11)12/h7-8,13H,2-6H2,1H3. The van der Waals surface area contributed by atoms with Gasteiger partial charge in [0.25, 0.3) is 0 Å². The lowest BCUT2D eigenvalue weighted by atomic mass is 10.0. The summed E-state index contributed by atoms with van der Waals surface area (Å²) in [6.07, 6.45) is -1.88. The van der Waals surface area contributed by atoms with E-state index in [-0.39, 0.29) is 12.1 Å². The van der Waals surface area contributed by atoms with Crippen molar-refractivity contribution in [1.82, 2.24) is 5.48 Å². The molecule has 3 nitrogen and oxygen atoms in total. The van der Waals surface area contributed by atoms with Crippen LogP contribution in [0.25, 0.3) is 0 Å². The maximum Gasteiger partial charge on any atom is 0.413 e. The molecular weight excluding hydrogens is 211 g/mol. The highest BCUT2D eigenvalue weighted by Crippen LogP contribution is 2.17. The molecule has 1 rings (SSSR count). The number of hydrogen-bond acceptors (Lipinski definition) is 3. The molecule has 1 saturated heterocycles. The van der Waals surface area contributed by atoms with Crippen molar-refractivity contribution in [3.63, 3.8) is 0 Å². The smallest absolute Gasteiger partial charge is 0.378 e. The van der Waals surface area contributed by atoms with Gasteiger partial charge in [0.2, 0.25) is 0 Å². The fourth-order valence-electron chi connectivity index (χ4n) is 1.51. The van der Waals surface area contributed by atoms with Crippen LogP contribution in [0.3, 0.4) is 0 Å². The van der Waals surface area contributed by atoms with E-state index in [0.29, 0.717) is 19.4 Å². The molecule has 0 aromatic rings. The Bertz CT molecular complexity index is 187. The summed E-state index contributed by atoms with van der Waals surface area (Å²) in [5, 5.41) is 0. The van der Waals surface area contributed by atoms with Gasteiger partial charge >= 0.3 is 6.18 Å². The lowest BCUT2D eigenvalue weighted by Crippen LogP contribution is -2.40. The van der Waals surface area contributed by atoms with Crippen molar-refractivity contribution in [3.8, 4) is 0 Å². The quantitative estimate of drug-likeness (QED) is 0.745. The Hall–Kier alpha value is -0.330. The first-order chi connectivity index (χ1) is 7.01. The normalized spacial score (nSPS) is 28.0. The summed E-state index contributed by atoms with van der Waals surface area (Å²) in [6.45, 7) is 1.32. The van der Waals surface area contributed by atoms with Crippen LogP contribution in [0.4, 0.5) is 13.2 Å². The third-order valence-corrected chi connectivity index (χ3v) is 2.31. The molecule has 1 aliphatic rings. The molecular formula is C9H16F3NO2. The number of halogens is 3. The minimum absolute atomic E-state index is 0.0361. The van der Waals surface area contributed by atoms with Crippen molar-refractivity contribution in [2.45, 2.75) is 44.5 Å². The Morgan fingerprint density at radius 1 is 1.47 bits per heavy atom. The van der Waals surface area contributed by atoms with Crippen molar-refractivity contribution in [3.05, 3.63) is 0 Å². The molecule has 1 fully saturated rings. The van der Waals surface area contributed by atoms with E-state index in [0.717, 1.165) is 6.42 Å². The predicted octanol–water partition coefficient (Wildman–Crippen LogP) is 2.03. The number of hydroxylamine groups is 1. The maximum atomic E-state index is 11.8. The number of rotatable bonds is 4. The van der Waals surface area contributed by atoms with Gasteiger partial charge in [-0.05, 0) is 19.3 Å². The number of nitrogens with one attached hydrogen (secondary N) is 1. The third-order valence-electron chi connectivity index (χ3n) is 2.31. The van der Waals surface area contributed by atoms with Crippen LogP contribution in [0.1, 0.15) is 26.2 Å². The molecule has 0 aliphatic carbocycles. The first-order valence-electron chi connectivity index (χ1n) is 5.07. The highest BCUT2D eigenvalue weighted by atomic mass is 19.4. The van der Waals surface area contributed by atoms with Crippen LogP contribution >= 0.6 is 0 Å². The van der Waals surface area contributed by atoms with Gasteiger partial charge in [-0.2, -0.15) is 18.7 Å². The summed E-state index contributed by atoms with van der Waals surface area (Å²) < 4.78 is 40.7. The maximum absolute atomic E-state index is 11.8. The average Bonchev–Trinajstić information content (AvgIpc) is 2.16. The van der Waals surface area contributed by atoms with Gasteiger partial charge in [0.15, 0.2) is 6.61 Å². The molecule has 0 radical (unpaired) electrons. The highest BCUT2D eigenvalue weighted by Gasteiger charge is 2.29. The lowest BCUT2D eigenvalue weighted by Gasteiger charge is -2.29. The molecule has 6 heteroatoms. The van der Waals surface area contributed by atoms with Gasteiger partial charge < -0.3 is 4.74 Å². The van der Waals surface area contributed by atoms with Crippen molar-refractivity contribution in [2.24, 2.45) is 0 Å². The predicted molar refractivity (Wildman–Crippen MR) is 48.2 cm³/mol. The van der Waals surface area contributed by atoms with Crippen LogP contribution in [-0.2, 0) is 9.57 Å². The molecule has 1 heterocycles. The monoisotopic (exact) mass is 227 g/mol. The summed E-state index contributed by atoms with van der Waals surface area (Å²) in [5.41, 5.74) is 2.44. The van der Waals surface area contributed by atoms with E-state index >= 15 is 0 Å². The summed E-state index contributed by atoms with van der Waals surface area (Å²) in [4.78, 5) is 4.40. The van der Waals surface area contributed by atoms with Crippen LogP contribution in [0.2, 0.25) is 0 Å². The first-order valence-corrected chi connectivity index (χ1v) is 5.07. The van der Waals surface area contributed by atoms with Crippen LogP contribution in [0.5, 0.6) is 0 Å². The van der Waals surface area contributed by atoms with E-state index in [2.05, 4.69) is 10.3 Å². The van der Waals surface area contributed by atoms with E-state index in [1.54, 1.807) is 0 Å². The fourth-order valence-corrected chi connectivity index (χ4v) is 1.51. The second-order valence-corrected chi connectivity index (χ2v) is 3.64. The van der Waals surface area contributed by atoms with Gasteiger partial charge in [0.1, 0.15) is 0 Å². The van der Waals surface area contributed by atoms with E-state index in [9.17, 15) is 13.2 Å². The Morgan fingerprint density at radius 2 is 2.20 bits per heavy atom. The Morgan fingerprint density at radius 3 is 2.80 bits per heavy atom. The Labute approximate surface area is 86.9 Å². The lowest BCUT2D eigenvalue weighted by molar-refractivity contribution is -0.196. The molecule has 0 spiro atoms. The summed E-state index contributed by atoms with van der Waals surface area (Å²) in [7, 11) is 0. The highest BCUT2D eigenvalue weighted by molar-refractivity contribution is 4.73. The number of hydrogen-bond donors (Lipinski definition) is 1. The van der Waals surface area contributed by atoms with Crippen LogP contribution in [0.15, 0.2) is 0 Å². The van der Waals surface area contributed by atoms with Gasteiger partial charge in [-0.3, -0.25) is 4.84 Å². The average molecular weight is 227 g/mol. The van der Waals surface area contributed by atoms with E-state index in [4.69, 9.17) is 4.74 Å². The van der Waals surface area contributed by atoms with Crippen molar-refractivity contribution >= 4 is 0 Å². The summed E-state index contributed by atoms with van der Waals surface area (Å²) >= 11 is 0. The zero-order valence-corrected chi connectivity index (χ0v) is 8.64. The van der Waals surface area contributed by atoms with Crippen molar-refractivity contribution in [2.75, 3.05) is 13.2 Å². The first kappa shape index (κ1) is 12.7. The molecule has 0 saturated carbocycles. The molecule has 90 valence electrons. The molecule has 2 atom stereocenters. The SMILES string of the molecule is CCC1CC(NOCC(F)(F)F)CCO1. The Kier molecular flexibility index (Phi) is 4.82. The largest absolute Gasteiger partial charge is 0.413 e.